The highest BCUT2D eigenvalue weighted by atomic mass is 16.1. The molecule has 4 aromatic carbocycles. The van der Waals surface area contributed by atoms with Gasteiger partial charge in [-0.1, -0.05) is 102 Å². The molecule has 0 aliphatic carbocycles. The summed E-state index contributed by atoms with van der Waals surface area (Å²) < 4.78 is 0. The number of rotatable bonds is 12. The smallest absolute Gasteiger partial charge is 0.224 e. The van der Waals surface area contributed by atoms with Gasteiger partial charge in [-0.25, -0.2) is 0 Å². The van der Waals surface area contributed by atoms with Crippen LogP contribution < -0.4 is 15.1 Å². The molecule has 0 aliphatic heterocycles. The minimum absolute atomic E-state index is 0.0233. The van der Waals surface area contributed by atoms with E-state index in [1.54, 1.807) is 0 Å². The quantitative estimate of drug-likeness (QED) is 0.170. The maximum Gasteiger partial charge on any atom is 0.224 e. The fourth-order valence-electron chi connectivity index (χ4n) is 4.77. The molecule has 0 heterocycles. The summed E-state index contributed by atoms with van der Waals surface area (Å²) >= 11 is 0. The number of benzene rings is 4. The van der Waals surface area contributed by atoms with E-state index < -0.39 is 0 Å². The Kier molecular flexibility index (Phi) is 9.52. The van der Waals surface area contributed by atoms with E-state index in [1.165, 1.54) is 28.6 Å². The second-order valence-corrected chi connectivity index (χ2v) is 10.2. The highest BCUT2D eigenvalue weighted by Gasteiger charge is 2.22. The number of nitrogens with zero attached hydrogens (tertiary/aromatic N) is 2. The number of carbonyl (C=O) groups is 1. The van der Waals surface area contributed by atoms with Crippen LogP contribution in [0.1, 0.15) is 27.8 Å². The fraction of sp³-hybridized carbons (Fsp3) is 0.235. The van der Waals surface area contributed by atoms with E-state index in [4.69, 9.17) is 5.41 Å². The average Bonchev–Trinajstić information content (AvgIpc) is 2.95. The summed E-state index contributed by atoms with van der Waals surface area (Å²) in [6.07, 6.45) is 2.41. The molecule has 0 aromatic heterocycles. The number of hydrogen-bond acceptors (Lipinski definition) is 3. The van der Waals surface area contributed by atoms with Gasteiger partial charge in [0.1, 0.15) is 0 Å². The SMILES string of the molecule is Cc1ccc(CC(CNC(=O)Cc2ccccc2)N(C=N)c2ccccc2N(C)Cc2ccc(C)cc2)cc1. The lowest BCUT2D eigenvalue weighted by atomic mass is 10.0. The number of aryl methyl sites for hydroxylation is 2. The Balaban J connectivity index is 1.58. The molecule has 0 aliphatic rings. The van der Waals surface area contributed by atoms with Crippen LogP contribution in [0.5, 0.6) is 0 Å². The van der Waals surface area contributed by atoms with Gasteiger partial charge in [-0.15, -0.1) is 0 Å². The lowest BCUT2D eigenvalue weighted by Gasteiger charge is -2.34. The highest BCUT2D eigenvalue weighted by Crippen LogP contribution is 2.31. The van der Waals surface area contributed by atoms with Crippen molar-refractivity contribution in [2.75, 3.05) is 23.4 Å². The van der Waals surface area contributed by atoms with Crippen molar-refractivity contribution < 1.29 is 4.79 Å². The van der Waals surface area contributed by atoms with Crippen LogP contribution in [0.3, 0.4) is 0 Å². The van der Waals surface area contributed by atoms with Crippen molar-refractivity contribution in [3.63, 3.8) is 0 Å². The molecule has 5 nitrogen and oxygen atoms in total. The Bertz CT molecular complexity index is 1350. The van der Waals surface area contributed by atoms with Crippen molar-refractivity contribution in [2.24, 2.45) is 0 Å². The van der Waals surface area contributed by atoms with Crippen molar-refractivity contribution in [1.82, 2.24) is 5.32 Å². The van der Waals surface area contributed by atoms with Gasteiger partial charge in [-0.05, 0) is 49.1 Å². The Morgan fingerprint density at radius 2 is 1.33 bits per heavy atom. The predicted molar refractivity (Wildman–Crippen MR) is 163 cm³/mol. The zero-order chi connectivity index (χ0) is 27.6. The molecule has 5 heteroatoms. The maximum atomic E-state index is 12.9. The number of anilines is 2. The fourth-order valence-corrected chi connectivity index (χ4v) is 4.77. The van der Waals surface area contributed by atoms with Crippen LogP contribution in [0, 0.1) is 19.3 Å². The van der Waals surface area contributed by atoms with E-state index in [2.05, 4.69) is 91.8 Å². The average molecular weight is 519 g/mol. The van der Waals surface area contributed by atoms with Gasteiger partial charge in [-0.2, -0.15) is 0 Å². The van der Waals surface area contributed by atoms with E-state index in [1.807, 2.05) is 47.4 Å². The standard InChI is InChI=1S/C34H38N4O/c1-26-13-17-29(18-14-26)21-31(23-36-34(39)22-28-9-5-4-6-10-28)38(25-35)33-12-8-7-11-32(33)37(3)24-30-19-15-27(2)16-20-30/h4-20,25,31,35H,21-24H2,1-3H3,(H,36,39). The molecule has 0 saturated carbocycles. The molecular formula is C34H38N4O. The molecule has 0 bridgehead atoms. The Morgan fingerprint density at radius 1 is 0.769 bits per heavy atom. The molecule has 39 heavy (non-hydrogen) atoms. The minimum atomic E-state index is -0.140. The van der Waals surface area contributed by atoms with Gasteiger partial charge in [0.2, 0.25) is 5.91 Å². The van der Waals surface area contributed by atoms with Crippen LogP contribution >= 0.6 is 0 Å². The van der Waals surface area contributed by atoms with Crippen LogP contribution in [0.2, 0.25) is 0 Å². The monoisotopic (exact) mass is 518 g/mol. The lowest BCUT2D eigenvalue weighted by molar-refractivity contribution is -0.120. The summed E-state index contributed by atoms with van der Waals surface area (Å²) in [7, 11) is 2.08. The molecule has 2 N–H and O–H groups in total. The van der Waals surface area contributed by atoms with E-state index in [0.717, 1.165) is 23.5 Å². The molecule has 4 rings (SSSR count). The summed E-state index contributed by atoms with van der Waals surface area (Å²) in [6, 6.07) is 34.9. The summed E-state index contributed by atoms with van der Waals surface area (Å²) in [5.74, 6) is -0.0233. The van der Waals surface area contributed by atoms with E-state index in [9.17, 15) is 4.79 Å². The maximum absolute atomic E-state index is 12.9. The number of hydrogen-bond donors (Lipinski definition) is 2. The second kappa shape index (κ2) is 13.4. The first kappa shape index (κ1) is 27.6. The van der Waals surface area contributed by atoms with Crippen LogP contribution in [0.25, 0.3) is 0 Å². The summed E-state index contributed by atoms with van der Waals surface area (Å²) in [6.45, 7) is 5.34. The van der Waals surface area contributed by atoms with Crippen molar-refractivity contribution in [2.45, 2.75) is 39.3 Å². The normalized spacial score (nSPS) is 11.5. The van der Waals surface area contributed by atoms with E-state index in [-0.39, 0.29) is 11.9 Å². The lowest BCUT2D eigenvalue weighted by Crippen LogP contribution is -2.45. The topological polar surface area (TPSA) is 59.4 Å². The zero-order valence-corrected chi connectivity index (χ0v) is 23.1. The zero-order valence-electron chi connectivity index (χ0n) is 23.1. The molecule has 4 aromatic rings. The predicted octanol–water partition coefficient (Wildman–Crippen LogP) is 6.32. The number of nitrogens with one attached hydrogen (secondary N) is 2. The van der Waals surface area contributed by atoms with Gasteiger partial charge in [0, 0.05) is 20.1 Å². The molecule has 1 amide bonds. The van der Waals surface area contributed by atoms with Gasteiger partial charge in [0.25, 0.3) is 0 Å². The summed E-state index contributed by atoms with van der Waals surface area (Å²) in [5.41, 5.74) is 7.80. The molecule has 0 saturated heterocycles. The molecular weight excluding hydrogens is 480 g/mol. The Morgan fingerprint density at radius 3 is 1.95 bits per heavy atom. The van der Waals surface area contributed by atoms with Crippen molar-refractivity contribution in [1.29, 1.82) is 5.41 Å². The summed E-state index contributed by atoms with van der Waals surface area (Å²) in [4.78, 5) is 17.1. The van der Waals surface area contributed by atoms with E-state index in [0.29, 0.717) is 19.4 Å². The van der Waals surface area contributed by atoms with Gasteiger partial charge in [-0.3, -0.25) is 10.2 Å². The van der Waals surface area contributed by atoms with Crippen LogP contribution in [0.4, 0.5) is 11.4 Å². The van der Waals surface area contributed by atoms with Crippen LogP contribution in [-0.2, 0) is 24.2 Å². The van der Waals surface area contributed by atoms with Gasteiger partial charge in [0.05, 0.1) is 30.2 Å². The Hall–Kier alpha value is -4.38. The second-order valence-electron chi connectivity index (χ2n) is 10.2. The number of carbonyl (C=O) groups excluding carboxylic acids is 1. The third kappa shape index (κ3) is 7.81. The molecule has 0 fully saturated rings. The number of para-hydroxylation sites is 2. The third-order valence-electron chi connectivity index (χ3n) is 6.98. The van der Waals surface area contributed by atoms with Gasteiger partial charge in [0.15, 0.2) is 0 Å². The highest BCUT2D eigenvalue weighted by molar-refractivity contribution is 5.86. The Labute approximate surface area is 232 Å². The van der Waals surface area contributed by atoms with Gasteiger partial charge < -0.3 is 15.1 Å². The molecule has 0 radical (unpaired) electrons. The van der Waals surface area contributed by atoms with Crippen molar-refractivity contribution in [3.05, 3.63) is 131 Å². The van der Waals surface area contributed by atoms with Crippen LogP contribution in [0.15, 0.2) is 103 Å². The first-order chi connectivity index (χ1) is 18.9. The van der Waals surface area contributed by atoms with Crippen LogP contribution in [-0.4, -0.2) is 31.9 Å². The van der Waals surface area contributed by atoms with Gasteiger partial charge >= 0.3 is 0 Å². The number of amides is 1. The minimum Gasteiger partial charge on any atom is -0.369 e. The molecule has 1 unspecified atom stereocenters. The van der Waals surface area contributed by atoms with Crippen molar-refractivity contribution in [3.8, 4) is 0 Å². The largest absolute Gasteiger partial charge is 0.369 e. The third-order valence-corrected chi connectivity index (χ3v) is 6.98. The van der Waals surface area contributed by atoms with Crippen molar-refractivity contribution >= 4 is 23.6 Å². The molecule has 1 atom stereocenters. The first-order valence-electron chi connectivity index (χ1n) is 13.4. The van der Waals surface area contributed by atoms with E-state index >= 15 is 0 Å². The summed E-state index contributed by atoms with van der Waals surface area (Å²) in [5, 5.41) is 11.6. The molecule has 200 valence electrons. The first-order valence-corrected chi connectivity index (χ1v) is 13.4. The molecule has 0 spiro atoms.